The minimum Gasteiger partial charge on any atom is -0.0654 e. The Morgan fingerprint density at radius 1 is 1.43 bits per heavy atom. The van der Waals surface area contributed by atoms with E-state index in [0.717, 1.165) is 12.2 Å². The van der Waals surface area contributed by atoms with Crippen LogP contribution in [0, 0.1) is 0 Å². The summed E-state index contributed by atoms with van der Waals surface area (Å²) < 4.78 is 9.72. The predicted molar refractivity (Wildman–Crippen MR) is 32.4 cm³/mol. The van der Waals surface area contributed by atoms with Gasteiger partial charge in [0.15, 0.2) is 0 Å². The van der Waals surface area contributed by atoms with Gasteiger partial charge in [-0.3, -0.25) is 0 Å². The molecule has 0 radical (unpaired) electrons. The highest BCUT2D eigenvalue weighted by Gasteiger charge is 1.93. The zero-order chi connectivity index (χ0) is 5.54. The van der Waals surface area contributed by atoms with E-state index in [0.29, 0.717) is 11.7 Å². The van der Waals surface area contributed by atoms with E-state index < -0.39 is 0 Å². The Morgan fingerprint density at radius 2 is 2.14 bits per heavy atom. The largest absolute Gasteiger partial charge is 0.458 e. The third kappa shape index (κ3) is 6.02. The van der Waals surface area contributed by atoms with Crippen molar-refractivity contribution in [2.75, 3.05) is 5.75 Å². The second-order valence-electron chi connectivity index (χ2n) is 1.53. The number of hydrogen-bond acceptors (Lipinski definition) is 1. The smallest absolute Gasteiger partial charge is 0.0654 e. The summed E-state index contributed by atoms with van der Waals surface area (Å²) in [5.41, 5.74) is 0. The van der Waals surface area contributed by atoms with Gasteiger partial charge in [0, 0.05) is 10.6 Å². The second-order valence-corrected chi connectivity index (χ2v) is 2.17. The number of unbranched alkanes of at least 4 members (excludes halogenated alkanes) is 2. The van der Waals surface area contributed by atoms with Crippen molar-refractivity contribution in [1.82, 2.24) is 0 Å². The van der Waals surface area contributed by atoms with E-state index in [1.165, 1.54) is 12.8 Å². The average Bonchev–Trinajstić information content (AvgIpc) is 1.69. The third-order valence-corrected chi connectivity index (χ3v) is 1.29. The first kappa shape index (κ1) is 7.02. The first-order valence-corrected chi connectivity index (χ1v) is 3.57. The first-order valence-electron chi connectivity index (χ1n) is 2.66. The van der Waals surface area contributed by atoms with E-state index in [9.17, 15) is 4.21 Å². The fourth-order valence-corrected chi connectivity index (χ4v) is 0.733. The van der Waals surface area contributed by atoms with Crippen molar-refractivity contribution in [3.05, 3.63) is 0 Å². The minimum atomic E-state index is 0.692. The summed E-state index contributed by atoms with van der Waals surface area (Å²) in [5.74, 6) is 0.786. The van der Waals surface area contributed by atoms with Crippen LogP contribution in [0.15, 0.2) is 0 Å². The summed E-state index contributed by atoms with van der Waals surface area (Å²) in [5, 5.41) is 0. The summed E-state index contributed by atoms with van der Waals surface area (Å²) in [6.07, 6.45) is 3.50. The zero-order valence-corrected chi connectivity index (χ0v) is 5.46. The number of hydrogen-bond donors (Lipinski definition) is 0. The van der Waals surface area contributed by atoms with Crippen molar-refractivity contribution in [1.29, 1.82) is 0 Å². The number of rotatable bonds is 4. The highest BCUT2D eigenvalue weighted by Crippen LogP contribution is 1.90. The Balaban J connectivity index is 2.56. The quantitative estimate of drug-likeness (QED) is 0.406. The molecule has 0 rings (SSSR count). The molecular formula is C5H11OS+. The molecule has 42 valence electrons. The van der Waals surface area contributed by atoms with E-state index in [1.807, 2.05) is 0 Å². The molecule has 0 aliphatic rings. The second kappa shape index (κ2) is 6.02. The van der Waals surface area contributed by atoms with Crippen LogP contribution in [-0.4, -0.2) is 5.75 Å². The molecule has 0 aromatic carbocycles. The molecule has 0 aromatic heterocycles. The summed E-state index contributed by atoms with van der Waals surface area (Å²) in [6, 6.07) is 0. The molecule has 0 aliphatic carbocycles. The lowest BCUT2D eigenvalue weighted by atomic mass is 10.3. The van der Waals surface area contributed by atoms with Crippen LogP contribution < -0.4 is 0 Å². The first-order chi connectivity index (χ1) is 3.41. The standard InChI is InChI=1S/C5H11OS/c1-2-3-4-5-7-6/h2-5H2,1H3/q+1. The van der Waals surface area contributed by atoms with Crippen molar-refractivity contribution >= 4 is 11.7 Å². The monoisotopic (exact) mass is 119 g/mol. The molecule has 0 amide bonds. The fourth-order valence-electron chi connectivity index (χ4n) is 0.411. The van der Waals surface area contributed by atoms with Crippen molar-refractivity contribution in [3.8, 4) is 0 Å². The molecule has 0 spiro atoms. The molecule has 0 heterocycles. The Labute approximate surface area is 48.6 Å². The molecule has 0 unspecified atom stereocenters. The van der Waals surface area contributed by atoms with Crippen LogP contribution in [0.3, 0.4) is 0 Å². The maximum Gasteiger partial charge on any atom is 0.458 e. The Morgan fingerprint density at radius 3 is 2.57 bits per heavy atom. The van der Waals surface area contributed by atoms with Gasteiger partial charge in [-0.15, -0.1) is 0 Å². The van der Waals surface area contributed by atoms with Crippen LogP contribution in [0.1, 0.15) is 26.2 Å². The third-order valence-electron chi connectivity index (χ3n) is 0.831. The van der Waals surface area contributed by atoms with Gasteiger partial charge in [-0.1, -0.05) is 13.3 Å². The van der Waals surface area contributed by atoms with Gasteiger partial charge in [0.05, 0.1) is 0 Å². The molecule has 0 aliphatic heterocycles. The lowest BCUT2D eigenvalue weighted by molar-refractivity contribution is 0.602. The van der Waals surface area contributed by atoms with Gasteiger partial charge in [0.2, 0.25) is 5.75 Å². The van der Waals surface area contributed by atoms with Crippen molar-refractivity contribution in [2.45, 2.75) is 26.2 Å². The summed E-state index contributed by atoms with van der Waals surface area (Å²) in [7, 11) is 0. The fraction of sp³-hybridized carbons (Fsp3) is 1.00. The lowest BCUT2D eigenvalue weighted by Crippen LogP contribution is -1.78. The summed E-state index contributed by atoms with van der Waals surface area (Å²) in [4.78, 5) is 0. The highest BCUT2D eigenvalue weighted by atomic mass is 32.1. The molecule has 0 N–H and O–H groups in total. The Bertz CT molecular complexity index is 45.3. The maximum atomic E-state index is 9.72. The highest BCUT2D eigenvalue weighted by molar-refractivity contribution is 7.65. The zero-order valence-electron chi connectivity index (χ0n) is 4.64. The van der Waals surface area contributed by atoms with Crippen LogP contribution in [0.25, 0.3) is 0 Å². The normalized spacial score (nSPS) is 8.71. The van der Waals surface area contributed by atoms with Gasteiger partial charge >= 0.3 is 11.7 Å². The average molecular weight is 119 g/mol. The minimum absolute atomic E-state index is 0.692. The molecule has 0 atom stereocenters. The van der Waals surface area contributed by atoms with Gasteiger partial charge in [-0.2, -0.15) is 0 Å². The Hall–Kier alpha value is 0.0200. The topological polar surface area (TPSA) is 17.1 Å². The lowest BCUT2D eigenvalue weighted by Gasteiger charge is -1.79. The van der Waals surface area contributed by atoms with Gasteiger partial charge in [0.25, 0.3) is 0 Å². The van der Waals surface area contributed by atoms with E-state index in [4.69, 9.17) is 0 Å². The van der Waals surface area contributed by atoms with Crippen LogP contribution in [0.4, 0.5) is 0 Å². The Kier molecular flexibility index (Phi) is 6.04. The van der Waals surface area contributed by atoms with Crippen molar-refractivity contribution in [3.63, 3.8) is 0 Å². The molecule has 1 nitrogen and oxygen atoms in total. The van der Waals surface area contributed by atoms with Gasteiger partial charge in [-0.05, 0) is 6.42 Å². The molecule has 0 bridgehead atoms. The molecule has 0 saturated heterocycles. The SMILES string of the molecule is CCCCC[S+]=O. The molecular weight excluding hydrogens is 108 g/mol. The molecule has 0 fully saturated rings. The van der Waals surface area contributed by atoms with Gasteiger partial charge in [-0.25, -0.2) is 0 Å². The van der Waals surface area contributed by atoms with E-state index in [-0.39, 0.29) is 0 Å². The summed E-state index contributed by atoms with van der Waals surface area (Å²) in [6.45, 7) is 2.13. The van der Waals surface area contributed by atoms with Crippen molar-refractivity contribution in [2.24, 2.45) is 0 Å². The maximum absolute atomic E-state index is 9.72. The molecule has 0 saturated carbocycles. The predicted octanol–water partition coefficient (Wildman–Crippen LogP) is 1.60. The molecule has 0 aromatic rings. The van der Waals surface area contributed by atoms with E-state index in [1.54, 1.807) is 0 Å². The van der Waals surface area contributed by atoms with Crippen LogP contribution in [0.5, 0.6) is 0 Å². The van der Waals surface area contributed by atoms with Gasteiger partial charge < -0.3 is 0 Å². The van der Waals surface area contributed by atoms with E-state index >= 15 is 0 Å². The molecule has 7 heavy (non-hydrogen) atoms. The molecule has 2 heteroatoms. The summed E-state index contributed by atoms with van der Waals surface area (Å²) >= 11 is 0.692. The van der Waals surface area contributed by atoms with Crippen LogP contribution >= 0.6 is 0 Å². The van der Waals surface area contributed by atoms with Gasteiger partial charge in [0.1, 0.15) is 0 Å². The van der Waals surface area contributed by atoms with Crippen LogP contribution in [0.2, 0.25) is 0 Å². The van der Waals surface area contributed by atoms with E-state index in [2.05, 4.69) is 6.92 Å². The van der Waals surface area contributed by atoms with Crippen molar-refractivity contribution < 1.29 is 4.21 Å². The van der Waals surface area contributed by atoms with Crippen LogP contribution in [-0.2, 0) is 15.9 Å².